The molecule has 0 spiro atoms. The van der Waals surface area contributed by atoms with Crippen LogP contribution in [0.25, 0.3) is 17.1 Å². The molecule has 0 amide bonds. The van der Waals surface area contributed by atoms with Gasteiger partial charge in [-0.25, -0.2) is 9.36 Å². The quantitative estimate of drug-likeness (QED) is 0.466. The van der Waals surface area contributed by atoms with Crippen LogP contribution in [0.3, 0.4) is 0 Å². The van der Waals surface area contributed by atoms with Gasteiger partial charge in [-0.05, 0) is 61.9 Å². The molecule has 0 atom stereocenters. The minimum Gasteiger partial charge on any atom is -0.354 e. The molecule has 154 valence electrons. The lowest BCUT2D eigenvalue weighted by molar-refractivity contribution is 0.815. The van der Waals surface area contributed by atoms with E-state index in [1.54, 1.807) is 34.8 Å². The molecule has 0 aliphatic heterocycles. The minimum absolute atomic E-state index is 0.224. The second kappa shape index (κ2) is 8.62. The second-order valence-electron chi connectivity index (χ2n) is 7.13. The Morgan fingerprint density at radius 2 is 1.84 bits per heavy atom. The van der Waals surface area contributed by atoms with E-state index in [2.05, 4.69) is 15.5 Å². The Morgan fingerprint density at radius 3 is 2.52 bits per heavy atom. The van der Waals surface area contributed by atoms with E-state index in [1.165, 1.54) is 6.07 Å². The number of hydrogen-bond acceptors (Lipinski definition) is 5. The summed E-state index contributed by atoms with van der Waals surface area (Å²) in [5.74, 6) is 0. The summed E-state index contributed by atoms with van der Waals surface area (Å²) in [5.41, 5.74) is 4.40. The normalized spacial score (nSPS) is 11.4. The third-order valence-electron chi connectivity index (χ3n) is 4.67. The zero-order valence-corrected chi connectivity index (χ0v) is 17.3. The zero-order chi connectivity index (χ0) is 21.8. The molecule has 2 aromatic carbocycles. The first-order chi connectivity index (χ1) is 15.0. The number of anilines is 1. The van der Waals surface area contributed by atoms with Crippen molar-refractivity contribution in [1.29, 1.82) is 5.41 Å². The maximum atomic E-state index is 12.7. The SMILES string of the molecule is CC(=N)/C=C(\Nc1ccccc1)c1nn(-c2ccc(-n3cccn3)cc2C)ccc1=O. The predicted molar refractivity (Wildman–Crippen MR) is 123 cm³/mol. The van der Waals surface area contributed by atoms with Crippen LogP contribution < -0.4 is 10.7 Å². The summed E-state index contributed by atoms with van der Waals surface area (Å²) in [5, 5.41) is 20.0. The molecule has 0 fully saturated rings. The van der Waals surface area contributed by atoms with Gasteiger partial charge >= 0.3 is 0 Å². The number of para-hydroxylation sites is 1. The summed E-state index contributed by atoms with van der Waals surface area (Å²) in [6.45, 7) is 3.65. The molecule has 7 heteroatoms. The average Bonchev–Trinajstić information content (AvgIpc) is 3.29. The zero-order valence-electron chi connectivity index (χ0n) is 17.3. The molecule has 4 aromatic rings. The van der Waals surface area contributed by atoms with Gasteiger partial charge in [-0.3, -0.25) is 4.79 Å². The van der Waals surface area contributed by atoms with E-state index in [4.69, 9.17) is 5.41 Å². The summed E-state index contributed by atoms with van der Waals surface area (Å²) >= 11 is 0. The van der Waals surface area contributed by atoms with Crippen LogP contribution >= 0.6 is 0 Å². The minimum atomic E-state index is -0.224. The molecule has 0 bridgehead atoms. The van der Waals surface area contributed by atoms with Gasteiger partial charge in [0.2, 0.25) is 5.43 Å². The molecule has 4 rings (SSSR count). The van der Waals surface area contributed by atoms with E-state index in [0.29, 0.717) is 11.4 Å². The Kier molecular flexibility index (Phi) is 5.57. The van der Waals surface area contributed by atoms with Crippen LogP contribution in [0.15, 0.2) is 90.1 Å². The van der Waals surface area contributed by atoms with Gasteiger partial charge < -0.3 is 10.7 Å². The van der Waals surface area contributed by atoms with Crippen LogP contribution in [0.5, 0.6) is 0 Å². The van der Waals surface area contributed by atoms with Gasteiger partial charge in [-0.15, -0.1) is 0 Å². The lowest BCUT2D eigenvalue weighted by atomic mass is 10.1. The molecule has 0 saturated heterocycles. The highest BCUT2D eigenvalue weighted by Gasteiger charge is 2.12. The van der Waals surface area contributed by atoms with Gasteiger partial charge in [0.1, 0.15) is 0 Å². The summed E-state index contributed by atoms with van der Waals surface area (Å²) < 4.78 is 3.47. The molecule has 0 saturated carbocycles. The first-order valence-corrected chi connectivity index (χ1v) is 9.81. The smallest absolute Gasteiger partial charge is 0.209 e. The lowest BCUT2D eigenvalue weighted by Gasteiger charge is -2.14. The van der Waals surface area contributed by atoms with E-state index in [0.717, 1.165) is 22.6 Å². The fourth-order valence-electron chi connectivity index (χ4n) is 3.25. The molecule has 2 N–H and O–H groups in total. The van der Waals surface area contributed by atoms with Gasteiger partial charge in [0.05, 0.1) is 17.1 Å². The topological polar surface area (TPSA) is 88.6 Å². The number of rotatable bonds is 6. The Labute approximate surface area is 179 Å². The molecule has 0 radical (unpaired) electrons. The number of nitrogens with one attached hydrogen (secondary N) is 2. The maximum Gasteiger partial charge on any atom is 0.209 e. The van der Waals surface area contributed by atoms with Gasteiger partial charge in [-0.2, -0.15) is 10.2 Å². The van der Waals surface area contributed by atoms with Crippen molar-refractivity contribution >= 4 is 17.1 Å². The fraction of sp³-hybridized carbons (Fsp3) is 0.0833. The largest absolute Gasteiger partial charge is 0.354 e. The Balaban J connectivity index is 1.75. The van der Waals surface area contributed by atoms with Crippen LogP contribution in [0, 0.1) is 12.3 Å². The Hall–Kier alpha value is -4.26. The average molecular weight is 410 g/mol. The summed E-state index contributed by atoms with van der Waals surface area (Å²) in [4.78, 5) is 12.7. The number of aryl methyl sites for hydroxylation is 1. The first-order valence-electron chi connectivity index (χ1n) is 9.81. The van der Waals surface area contributed by atoms with Crippen molar-refractivity contribution in [1.82, 2.24) is 19.6 Å². The molecular formula is C24H22N6O. The molecule has 0 aliphatic carbocycles. The van der Waals surface area contributed by atoms with Crippen molar-refractivity contribution in [3.05, 3.63) is 107 Å². The van der Waals surface area contributed by atoms with Crippen molar-refractivity contribution in [3.8, 4) is 11.4 Å². The molecule has 0 unspecified atom stereocenters. The number of nitrogens with zero attached hydrogens (tertiary/aromatic N) is 4. The van der Waals surface area contributed by atoms with Gasteiger partial charge in [-0.1, -0.05) is 18.2 Å². The summed E-state index contributed by atoms with van der Waals surface area (Å²) in [7, 11) is 0. The Bertz CT molecular complexity index is 1300. The number of aromatic nitrogens is 4. The van der Waals surface area contributed by atoms with Crippen molar-refractivity contribution in [2.24, 2.45) is 0 Å². The lowest BCUT2D eigenvalue weighted by Crippen LogP contribution is -2.19. The van der Waals surface area contributed by atoms with Crippen LogP contribution in [0.2, 0.25) is 0 Å². The molecule has 0 aliphatic rings. The third-order valence-corrected chi connectivity index (χ3v) is 4.67. The van der Waals surface area contributed by atoms with E-state index in [9.17, 15) is 4.79 Å². The number of hydrogen-bond donors (Lipinski definition) is 2. The summed E-state index contributed by atoms with van der Waals surface area (Å²) in [6.07, 6.45) is 6.88. The maximum absolute atomic E-state index is 12.7. The molecule has 2 heterocycles. The van der Waals surface area contributed by atoms with E-state index >= 15 is 0 Å². The van der Waals surface area contributed by atoms with Crippen LogP contribution in [0.4, 0.5) is 5.69 Å². The van der Waals surface area contributed by atoms with Crippen LogP contribution in [-0.2, 0) is 0 Å². The second-order valence-corrected chi connectivity index (χ2v) is 7.13. The van der Waals surface area contributed by atoms with Gasteiger partial charge in [0.15, 0.2) is 5.69 Å². The molecule has 31 heavy (non-hydrogen) atoms. The number of allylic oxidation sites excluding steroid dienone is 1. The van der Waals surface area contributed by atoms with E-state index in [-0.39, 0.29) is 11.1 Å². The first kappa shape index (κ1) is 20.0. The highest BCUT2D eigenvalue weighted by Crippen LogP contribution is 2.19. The van der Waals surface area contributed by atoms with Crippen molar-refractivity contribution in [3.63, 3.8) is 0 Å². The molecule has 7 nitrogen and oxygen atoms in total. The van der Waals surface area contributed by atoms with Crippen molar-refractivity contribution in [2.75, 3.05) is 5.32 Å². The van der Waals surface area contributed by atoms with Gasteiger partial charge in [0.25, 0.3) is 0 Å². The fourth-order valence-corrected chi connectivity index (χ4v) is 3.25. The molecular weight excluding hydrogens is 388 g/mol. The predicted octanol–water partition coefficient (Wildman–Crippen LogP) is 4.22. The number of benzene rings is 2. The standard InChI is InChI=1S/C24H22N6O/c1-17-15-20(29-13-6-12-26-29)9-10-22(17)30-14-11-23(31)24(28-30)21(16-18(2)25)27-19-7-4-3-5-8-19/h3-16,25,27H,1-2H3/b21-16-,25-18?. The monoisotopic (exact) mass is 410 g/mol. The highest BCUT2D eigenvalue weighted by atomic mass is 16.1. The van der Waals surface area contributed by atoms with Gasteiger partial charge in [0, 0.05) is 36.1 Å². The van der Waals surface area contributed by atoms with E-state index < -0.39 is 0 Å². The van der Waals surface area contributed by atoms with Crippen molar-refractivity contribution in [2.45, 2.75) is 13.8 Å². The van der Waals surface area contributed by atoms with Crippen LogP contribution in [-0.4, -0.2) is 25.3 Å². The Morgan fingerprint density at radius 1 is 1.03 bits per heavy atom. The van der Waals surface area contributed by atoms with Crippen molar-refractivity contribution < 1.29 is 0 Å². The highest BCUT2D eigenvalue weighted by molar-refractivity contribution is 5.98. The van der Waals surface area contributed by atoms with Crippen LogP contribution in [0.1, 0.15) is 18.2 Å². The molecule has 2 aromatic heterocycles. The third kappa shape index (κ3) is 4.51. The van der Waals surface area contributed by atoms with E-state index in [1.807, 2.05) is 67.7 Å². The summed E-state index contributed by atoms with van der Waals surface area (Å²) in [6, 6.07) is 18.8.